The second kappa shape index (κ2) is 3.61. The fraction of sp³-hybridized carbons (Fsp3) is 0. The van der Waals surface area contributed by atoms with Gasteiger partial charge in [0.2, 0.25) is 0 Å². The van der Waals surface area contributed by atoms with E-state index in [4.69, 9.17) is 0 Å². The Morgan fingerprint density at radius 3 is 2.89 bits per heavy atom. The zero-order chi connectivity index (χ0) is 13.0. The summed E-state index contributed by atoms with van der Waals surface area (Å²) in [7, 11) is 0. The van der Waals surface area contributed by atoms with Crippen molar-refractivity contribution in [3.63, 3.8) is 0 Å². The molecule has 0 unspecified atom stereocenters. The van der Waals surface area contributed by atoms with Crippen molar-refractivity contribution in [3.8, 4) is 0 Å². The van der Waals surface area contributed by atoms with Crippen molar-refractivity contribution in [2.24, 2.45) is 0 Å². The lowest BCUT2D eigenvalue weighted by molar-refractivity contribution is 0.630. The first-order valence-corrected chi connectivity index (χ1v) is 6.55. The highest BCUT2D eigenvalue weighted by Crippen LogP contribution is 2.25. The maximum absolute atomic E-state index is 13.2. The molecule has 5 heteroatoms. The predicted molar refractivity (Wildman–Crippen MR) is 74.3 cm³/mol. The van der Waals surface area contributed by atoms with Gasteiger partial charge in [0.15, 0.2) is 4.96 Å². The molecule has 0 saturated heterocycles. The van der Waals surface area contributed by atoms with E-state index in [1.165, 1.54) is 23.5 Å². The van der Waals surface area contributed by atoms with Gasteiger partial charge >= 0.3 is 0 Å². The Bertz CT molecular complexity index is 1000. The molecule has 2 aromatic carbocycles. The number of benzene rings is 2. The van der Waals surface area contributed by atoms with E-state index in [1.54, 1.807) is 16.5 Å². The molecule has 0 fully saturated rings. The van der Waals surface area contributed by atoms with Crippen LogP contribution in [0, 0.1) is 5.82 Å². The predicted octanol–water partition coefficient (Wildman–Crippen LogP) is 3.20. The third-order valence-electron chi connectivity index (χ3n) is 3.11. The molecular formula is C14H7FN2OS. The van der Waals surface area contributed by atoms with E-state index in [0.29, 0.717) is 21.4 Å². The fourth-order valence-corrected chi connectivity index (χ4v) is 3.29. The van der Waals surface area contributed by atoms with Crippen LogP contribution in [0.5, 0.6) is 0 Å². The Kier molecular flexibility index (Phi) is 2.02. The molecule has 0 bridgehead atoms. The first-order chi connectivity index (χ1) is 9.24. The Morgan fingerprint density at radius 2 is 2.00 bits per heavy atom. The zero-order valence-electron chi connectivity index (χ0n) is 9.63. The lowest BCUT2D eigenvalue weighted by atomic mass is 10.2. The van der Waals surface area contributed by atoms with Crippen LogP contribution in [0.15, 0.2) is 47.3 Å². The van der Waals surface area contributed by atoms with Gasteiger partial charge in [-0.05, 0) is 30.3 Å². The summed E-state index contributed by atoms with van der Waals surface area (Å²) in [6.07, 6.45) is 0. The maximum atomic E-state index is 13.2. The highest BCUT2D eigenvalue weighted by Gasteiger charge is 2.11. The molecule has 3 nitrogen and oxygen atoms in total. The quantitative estimate of drug-likeness (QED) is 0.492. The van der Waals surface area contributed by atoms with E-state index in [1.807, 2.05) is 18.2 Å². The Balaban J connectivity index is 2.33. The number of hydrogen-bond acceptors (Lipinski definition) is 3. The van der Waals surface area contributed by atoms with E-state index in [-0.39, 0.29) is 11.4 Å². The Hall–Kier alpha value is -2.27. The summed E-state index contributed by atoms with van der Waals surface area (Å²) in [4.78, 5) is 17.5. The van der Waals surface area contributed by atoms with Crippen LogP contribution in [0.4, 0.5) is 4.39 Å². The van der Waals surface area contributed by atoms with Crippen molar-refractivity contribution in [2.45, 2.75) is 0 Å². The van der Waals surface area contributed by atoms with Gasteiger partial charge in [0.1, 0.15) is 5.82 Å². The number of halogens is 1. The summed E-state index contributed by atoms with van der Waals surface area (Å²) in [5.74, 6) is -0.309. The monoisotopic (exact) mass is 270 g/mol. The standard InChI is InChI=1S/C14H7FN2OS/c15-8-5-6-11-12(7-8)19-14-16-10-4-2-1-3-9(10)13(18)17(11)14/h1-7H. The molecule has 0 aliphatic rings. The minimum Gasteiger partial charge on any atom is -0.268 e. The van der Waals surface area contributed by atoms with Gasteiger partial charge in [0.05, 0.1) is 21.1 Å². The average Bonchev–Trinajstić information content (AvgIpc) is 2.76. The summed E-state index contributed by atoms with van der Waals surface area (Å²) in [5, 5.41) is 0.573. The molecule has 4 rings (SSSR count). The number of hydrogen-bond donors (Lipinski definition) is 0. The maximum Gasteiger partial charge on any atom is 0.266 e. The van der Waals surface area contributed by atoms with Crippen molar-refractivity contribution in [2.75, 3.05) is 0 Å². The molecule has 4 aromatic rings. The van der Waals surface area contributed by atoms with Crippen LogP contribution in [0.1, 0.15) is 0 Å². The van der Waals surface area contributed by atoms with E-state index < -0.39 is 0 Å². The second-order valence-corrected chi connectivity index (χ2v) is 5.28. The van der Waals surface area contributed by atoms with Crippen molar-refractivity contribution in [3.05, 3.63) is 58.6 Å². The Labute approximate surface area is 110 Å². The van der Waals surface area contributed by atoms with Crippen LogP contribution in [-0.2, 0) is 0 Å². The molecule has 92 valence electrons. The summed E-state index contributed by atoms with van der Waals surface area (Å²) >= 11 is 1.32. The van der Waals surface area contributed by atoms with E-state index in [0.717, 1.165) is 4.70 Å². The molecule has 2 aromatic heterocycles. The lowest BCUT2D eigenvalue weighted by Crippen LogP contribution is -2.13. The number of nitrogens with zero attached hydrogens (tertiary/aromatic N) is 2. The third kappa shape index (κ3) is 1.42. The number of thiazole rings is 1. The van der Waals surface area contributed by atoms with Crippen LogP contribution in [0.3, 0.4) is 0 Å². The molecule has 19 heavy (non-hydrogen) atoms. The van der Waals surface area contributed by atoms with Gasteiger partial charge in [-0.1, -0.05) is 23.5 Å². The molecule has 2 heterocycles. The minimum atomic E-state index is -0.309. The van der Waals surface area contributed by atoms with Crippen LogP contribution < -0.4 is 5.56 Å². The number of rotatable bonds is 0. The fourth-order valence-electron chi connectivity index (χ4n) is 2.25. The SMILES string of the molecule is O=c1c2ccccc2nc2sc3cc(F)ccc3n12. The zero-order valence-corrected chi connectivity index (χ0v) is 10.4. The van der Waals surface area contributed by atoms with Crippen molar-refractivity contribution in [1.29, 1.82) is 0 Å². The molecule has 0 saturated carbocycles. The third-order valence-corrected chi connectivity index (χ3v) is 4.11. The average molecular weight is 270 g/mol. The van der Waals surface area contributed by atoms with Crippen LogP contribution in [0.2, 0.25) is 0 Å². The minimum absolute atomic E-state index is 0.113. The molecular weight excluding hydrogens is 263 g/mol. The van der Waals surface area contributed by atoms with E-state index in [2.05, 4.69) is 4.98 Å². The number of aromatic nitrogens is 2. The highest BCUT2D eigenvalue weighted by atomic mass is 32.1. The summed E-state index contributed by atoms with van der Waals surface area (Å²) in [5.41, 5.74) is 1.25. The van der Waals surface area contributed by atoms with Crippen LogP contribution in [-0.4, -0.2) is 9.38 Å². The molecule has 0 N–H and O–H groups in total. The van der Waals surface area contributed by atoms with Crippen LogP contribution >= 0.6 is 11.3 Å². The first kappa shape index (κ1) is 10.6. The molecule has 0 radical (unpaired) electrons. The molecule has 0 aliphatic carbocycles. The Morgan fingerprint density at radius 1 is 1.16 bits per heavy atom. The number of para-hydroxylation sites is 1. The molecule has 0 amide bonds. The van der Waals surface area contributed by atoms with Gasteiger partial charge in [0.25, 0.3) is 5.56 Å². The largest absolute Gasteiger partial charge is 0.268 e. The normalized spacial score (nSPS) is 11.6. The lowest BCUT2D eigenvalue weighted by Gasteiger charge is -1.98. The van der Waals surface area contributed by atoms with Gasteiger partial charge in [-0.3, -0.25) is 9.20 Å². The molecule has 0 spiro atoms. The second-order valence-electron chi connectivity index (χ2n) is 4.27. The van der Waals surface area contributed by atoms with Gasteiger partial charge in [-0.25, -0.2) is 9.37 Å². The first-order valence-electron chi connectivity index (χ1n) is 5.73. The van der Waals surface area contributed by atoms with Gasteiger partial charge in [-0.2, -0.15) is 0 Å². The molecule has 0 aliphatic heterocycles. The smallest absolute Gasteiger partial charge is 0.266 e. The van der Waals surface area contributed by atoms with Crippen molar-refractivity contribution >= 4 is 37.4 Å². The molecule has 0 atom stereocenters. The van der Waals surface area contributed by atoms with E-state index >= 15 is 0 Å². The van der Waals surface area contributed by atoms with Gasteiger partial charge < -0.3 is 0 Å². The van der Waals surface area contributed by atoms with Gasteiger partial charge in [-0.15, -0.1) is 0 Å². The van der Waals surface area contributed by atoms with Crippen molar-refractivity contribution < 1.29 is 4.39 Å². The summed E-state index contributed by atoms with van der Waals surface area (Å²) in [6.45, 7) is 0. The van der Waals surface area contributed by atoms with Crippen LogP contribution in [0.25, 0.3) is 26.1 Å². The van der Waals surface area contributed by atoms with Crippen molar-refractivity contribution in [1.82, 2.24) is 9.38 Å². The highest BCUT2D eigenvalue weighted by molar-refractivity contribution is 7.23. The topological polar surface area (TPSA) is 34.4 Å². The summed E-state index contributed by atoms with van der Waals surface area (Å²) in [6, 6.07) is 11.6. The van der Waals surface area contributed by atoms with Gasteiger partial charge in [0, 0.05) is 0 Å². The number of fused-ring (bicyclic) bond motifs is 4. The van der Waals surface area contributed by atoms with E-state index in [9.17, 15) is 9.18 Å². The summed E-state index contributed by atoms with van der Waals surface area (Å²) < 4.78 is 15.5.